The van der Waals surface area contributed by atoms with Gasteiger partial charge in [-0.15, -0.1) is 0 Å². The van der Waals surface area contributed by atoms with Gasteiger partial charge in [-0.2, -0.15) is 0 Å². The van der Waals surface area contributed by atoms with Gasteiger partial charge in [0, 0.05) is 11.4 Å². The lowest BCUT2D eigenvalue weighted by atomic mass is 10.1. The lowest BCUT2D eigenvalue weighted by molar-refractivity contribution is 0.597. The number of anilines is 1. The summed E-state index contributed by atoms with van der Waals surface area (Å²) in [5.74, 6) is 0.398. The number of rotatable bonds is 6. The first kappa shape index (κ1) is 15.5. The summed E-state index contributed by atoms with van der Waals surface area (Å²) in [4.78, 5) is 4.01. The molecule has 0 spiro atoms. The van der Waals surface area contributed by atoms with Crippen molar-refractivity contribution in [2.45, 2.75) is 20.3 Å². The van der Waals surface area contributed by atoms with Gasteiger partial charge in [0.2, 0.25) is 0 Å². The van der Waals surface area contributed by atoms with Crippen molar-refractivity contribution in [2.24, 2.45) is 10.7 Å². The van der Waals surface area contributed by atoms with Crippen LogP contribution in [0.1, 0.15) is 19.4 Å². The summed E-state index contributed by atoms with van der Waals surface area (Å²) in [5.41, 5.74) is 7.77. The van der Waals surface area contributed by atoms with Gasteiger partial charge in [0.15, 0.2) is 15.8 Å². The topological polar surface area (TPSA) is 84.5 Å². The van der Waals surface area contributed by atoms with E-state index < -0.39 is 9.84 Å². The maximum Gasteiger partial charge on any atom is 0.193 e. The molecule has 0 unspecified atom stereocenters. The molecule has 0 aliphatic carbocycles. The molecule has 0 fully saturated rings. The van der Waals surface area contributed by atoms with E-state index in [0.717, 1.165) is 12.1 Å². The van der Waals surface area contributed by atoms with Crippen LogP contribution in [0.25, 0.3) is 0 Å². The number of sulfone groups is 1. The molecule has 3 N–H and O–H groups in total. The lowest BCUT2D eigenvalue weighted by Crippen LogP contribution is -2.24. The molecular weight excluding hydrogens is 262 g/mol. The third kappa shape index (κ3) is 5.74. The Kier molecular flexibility index (Phi) is 5.82. The van der Waals surface area contributed by atoms with Crippen molar-refractivity contribution in [3.8, 4) is 0 Å². The molecule has 0 amide bonds. The highest BCUT2D eigenvalue weighted by Gasteiger charge is 2.05. The summed E-state index contributed by atoms with van der Waals surface area (Å²) in [5, 5.41) is 2.95. The largest absolute Gasteiger partial charge is 0.370 e. The average molecular weight is 283 g/mol. The Morgan fingerprint density at radius 1 is 1.37 bits per heavy atom. The number of aryl methyl sites for hydroxylation is 1. The minimum atomic E-state index is -2.99. The molecule has 0 radical (unpaired) electrons. The molecular formula is C13H21N3O2S. The van der Waals surface area contributed by atoms with E-state index in [9.17, 15) is 8.42 Å². The fourth-order valence-electron chi connectivity index (χ4n) is 1.51. The Labute approximate surface area is 114 Å². The Morgan fingerprint density at radius 3 is 2.74 bits per heavy atom. The number of hydrogen-bond acceptors (Lipinski definition) is 3. The number of aliphatic imine (C=N–C) groups is 1. The number of nitrogens with zero attached hydrogens (tertiary/aromatic N) is 1. The second-order valence-corrected chi connectivity index (χ2v) is 6.66. The Balaban J connectivity index is 2.56. The second kappa shape index (κ2) is 7.13. The smallest absolute Gasteiger partial charge is 0.193 e. The van der Waals surface area contributed by atoms with Crippen LogP contribution >= 0.6 is 0 Å². The van der Waals surface area contributed by atoms with Gasteiger partial charge >= 0.3 is 0 Å². The Hall–Kier alpha value is -1.56. The van der Waals surface area contributed by atoms with Crippen LogP contribution in [0, 0.1) is 0 Å². The molecule has 106 valence electrons. The molecule has 19 heavy (non-hydrogen) atoms. The van der Waals surface area contributed by atoms with Crippen LogP contribution in [0.3, 0.4) is 0 Å². The van der Waals surface area contributed by atoms with E-state index in [2.05, 4.69) is 17.2 Å². The van der Waals surface area contributed by atoms with E-state index in [1.807, 2.05) is 24.3 Å². The van der Waals surface area contributed by atoms with Crippen molar-refractivity contribution in [3.05, 3.63) is 29.8 Å². The molecule has 1 aromatic carbocycles. The van der Waals surface area contributed by atoms with Gasteiger partial charge in [0.25, 0.3) is 0 Å². The van der Waals surface area contributed by atoms with Gasteiger partial charge in [0.05, 0.1) is 12.3 Å². The van der Waals surface area contributed by atoms with Crippen molar-refractivity contribution >= 4 is 21.5 Å². The van der Waals surface area contributed by atoms with Gasteiger partial charge in [-0.3, -0.25) is 4.99 Å². The monoisotopic (exact) mass is 283 g/mol. The number of benzene rings is 1. The normalized spacial score (nSPS) is 12.4. The number of nitrogens with two attached hydrogens (primary N) is 1. The average Bonchev–Trinajstić information content (AvgIpc) is 2.38. The molecule has 0 aromatic heterocycles. The van der Waals surface area contributed by atoms with E-state index in [-0.39, 0.29) is 24.0 Å². The zero-order chi connectivity index (χ0) is 14.3. The summed E-state index contributed by atoms with van der Waals surface area (Å²) in [6.07, 6.45) is 0.946. The summed E-state index contributed by atoms with van der Waals surface area (Å²) in [7, 11) is -2.99. The molecule has 0 aliphatic rings. The molecule has 5 nitrogen and oxygen atoms in total. The van der Waals surface area contributed by atoms with Gasteiger partial charge < -0.3 is 11.1 Å². The molecule has 0 atom stereocenters. The molecule has 0 saturated heterocycles. The molecule has 6 heteroatoms. The molecule has 0 heterocycles. The van der Waals surface area contributed by atoms with Crippen LogP contribution in [0.15, 0.2) is 29.3 Å². The number of hydrogen-bond donors (Lipinski definition) is 2. The summed E-state index contributed by atoms with van der Waals surface area (Å²) in [6, 6.07) is 7.86. The van der Waals surface area contributed by atoms with E-state index in [0.29, 0.717) is 0 Å². The van der Waals surface area contributed by atoms with Crippen molar-refractivity contribution < 1.29 is 8.42 Å². The quantitative estimate of drug-likeness (QED) is 0.610. The first-order chi connectivity index (χ1) is 8.96. The third-order valence-corrected chi connectivity index (χ3v) is 4.42. The van der Waals surface area contributed by atoms with E-state index in [4.69, 9.17) is 5.73 Å². The standard InChI is InChI=1S/C13H21N3O2S/c1-3-11-6-5-7-12(10-11)16-13(14)15-8-9-19(17,18)4-2/h5-7,10H,3-4,8-9H2,1-2H3,(H3,14,15,16). The Morgan fingerprint density at radius 2 is 2.11 bits per heavy atom. The summed E-state index contributed by atoms with van der Waals surface area (Å²) >= 11 is 0. The SMILES string of the molecule is CCc1cccc(NC(N)=NCCS(=O)(=O)CC)c1. The second-order valence-electron chi connectivity index (χ2n) is 4.18. The van der Waals surface area contributed by atoms with Crippen molar-refractivity contribution in [2.75, 3.05) is 23.4 Å². The fourth-order valence-corrected chi connectivity index (χ4v) is 2.16. The van der Waals surface area contributed by atoms with Gasteiger partial charge in [-0.25, -0.2) is 8.42 Å². The molecule has 0 saturated carbocycles. The maximum absolute atomic E-state index is 11.3. The minimum Gasteiger partial charge on any atom is -0.370 e. The number of nitrogens with one attached hydrogen (secondary N) is 1. The van der Waals surface area contributed by atoms with Crippen molar-refractivity contribution in [3.63, 3.8) is 0 Å². The molecule has 0 bridgehead atoms. The lowest BCUT2D eigenvalue weighted by Gasteiger charge is -2.07. The van der Waals surface area contributed by atoms with Crippen LogP contribution in [0.5, 0.6) is 0 Å². The predicted molar refractivity (Wildman–Crippen MR) is 80.3 cm³/mol. The fraction of sp³-hybridized carbons (Fsp3) is 0.462. The first-order valence-corrected chi connectivity index (χ1v) is 8.15. The molecule has 1 aromatic rings. The van der Waals surface area contributed by atoms with Crippen LogP contribution in [-0.4, -0.2) is 32.4 Å². The molecule has 0 aliphatic heterocycles. The number of guanidine groups is 1. The maximum atomic E-state index is 11.3. The predicted octanol–water partition coefficient (Wildman–Crippen LogP) is 1.41. The van der Waals surface area contributed by atoms with E-state index in [1.54, 1.807) is 6.92 Å². The van der Waals surface area contributed by atoms with Crippen molar-refractivity contribution in [1.29, 1.82) is 0 Å². The van der Waals surface area contributed by atoms with Gasteiger partial charge in [-0.1, -0.05) is 26.0 Å². The van der Waals surface area contributed by atoms with Crippen LogP contribution < -0.4 is 11.1 Å². The van der Waals surface area contributed by atoms with Gasteiger partial charge in [-0.05, 0) is 24.1 Å². The highest BCUT2D eigenvalue weighted by Crippen LogP contribution is 2.10. The highest BCUT2D eigenvalue weighted by atomic mass is 32.2. The zero-order valence-corrected chi connectivity index (χ0v) is 12.2. The third-order valence-electron chi connectivity index (χ3n) is 2.73. The summed E-state index contributed by atoms with van der Waals surface area (Å²) < 4.78 is 22.6. The van der Waals surface area contributed by atoms with Crippen LogP contribution in [0.4, 0.5) is 5.69 Å². The highest BCUT2D eigenvalue weighted by molar-refractivity contribution is 7.91. The minimum absolute atomic E-state index is 0.0287. The van der Waals surface area contributed by atoms with Crippen LogP contribution in [0.2, 0.25) is 0 Å². The van der Waals surface area contributed by atoms with Crippen molar-refractivity contribution in [1.82, 2.24) is 0 Å². The zero-order valence-electron chi connectivity index (χ0n) is 11.4. The Bertz CT molecular complexity index is 539. The molecule has 1 rings (SSSR count). The van der Waals surface area contributed by atoms with E-state index in [1.165, 1.54) is 5.56 Å². The van der Waals surface area contributed by atoms with Crippen LogP contribution in [-0.2, 0) is 16.3 Å². The summed E-state index contributed by atoms with van der Waals surface area (Å²) in [6.45, 7) is 3.88. The first-order valence-electron chi connectivity index (χ1n) is 6.33. The van der Waals surface area contributed by atoms with E-state index >= 15 is 0 Å². The van der Waals surface area contributed by atoms with Gasteiger partial charge in [0.1, 0.15) is 0 Å².